The highest BCUT2D eigenvalue weighted by molar-refractivity contribution is 6.16. The lowest BCUT2D eigenvalue weighted by Gasteiger charge is -2.44. The number of carbonyl (C=O) groups excluding carboxylic acids is 3. The van der Waals surface area contributed by atoms with E-state index in [4.69, 9.17) is 18.9 Å². The molecule has 3 aromatic rings. The van der Waals surface area contributed by atoms with Gasteiger partial charge in [0, 0.05) is 55.2 Å². The number of likely N-dealkylation sites (tertiary alicyclic amines) is 1. The number of nitrogens with zero attached hydrogens (tertiary/aromatic N) is 1. The monoisotopic (exact) mass is 628 g/mol. The lowest BCUT2D eigenvalue weighted by Crippen LogP contribution is -2.50. The van der Waals surface area contributed by atoms with Gasteiger partial charge in [0.15, 0.2) is 12.1 Å². The first kappa shape index (κ1) is 30.7. The van der Waals surface area contributed by atoms with E-state index in [0.29, 0.717) is 25.4 Å². The second-order valence-corrected chi connectivity index (χ2v) is 12.2. The molecule has 0 radical (unpaired) electrons. The van der Waals surface area contributed by atoms with Gasteiger partial charge in [-0.1, -0.05) is 43.3 Å². The second-order valence-electron chi connectivity index (χ2n) is 12.2. The van der Waals surface area contributed by atoms with Crippen molar-refractivity contribution in [3.8, 4) is 0 Å². The van der Waals surface area contributed by atoms with Crippen molar-refractivity contribution in [2.75, 3.05) is 38.2 Å². The van der Waals surface area contributed by atoms with Crippen molar-refractivity contribution in [3.63, 3.8) is 0 Å². The predicted octanol–water partition coefficient (Wildman–Crippen LogP) is 4.37. The van der Waals surface area contributed by atoms with E-state index < -0.39 is 29.9 Å². The van der Waals surface area contributed by atoms with E-state index in [1.54, 1.807) is 6.07 Å². The van der Waals surface area contributed by atoms with Gasteiger partial charge in [0.2, 0.25) is 0 Å². The topological polar surface area (TPSA) is 133 Å². The minimum absolute atomic E-state index is 0.0207. The molecule has 2 N–H and O–H groups in total. The Labute approximate surface area is 266 Å². The molecule has 4 atom stereocenters. The zero-order chi connectivity index (χ0) is 31.8. The summed E-state index contributed by atoms with van der Waals surface area (Å²) in [5.41, 5.74) is 3.50. The van der Waals surface area contributed by atoms with Crippen molar-refractivity contribution < 1.29 is 43.2 Å². The van der Waals surface area contributed by atoms with E-state index in [2.05, 4.69) is 21.9 Å². The Balaban J connectivity index is 1.10. The Bertz CT molecular complexity index is 1630. The fraction of sp³-hybridized carbons (Fsp3) is 0.400. The number of ether oxygens (including phenoxy) is 5. The fourth-order valence-electron chi connectivity index (χ4n) is 6.64. The second kappa shape index (κ2) is 12.7. The maximum Gasteiger partial charge on any atom is 0.346 e. The number of fused-ring (bicyclic) bond motifs is 1. The van der Waals surface area contributed by atoms with Crippen LogP contribution in [0.25, 0.3) is 0 Å². The number of benzene rings is 3. The number of hydrogen-bond acceptors (Lipinski definition) is 10. The van der Waals surface area contributed by atoms with Crippen LogP contribution in [0.1, 0.15) is 79.9 Å². The van der Waals surface area contributed by atoms with Gasteiger partial charge in [-0.25, -0.2) is 9.59 Å². The molecule has 46 heavy (non-hydrogen) atoms. The maximum atomic E-state index is 13.1. The minimum atomic E-state index is -0.767. The van der Waals surface area contributed by atoms with Crippen LogP contribution in [0, 0.1) is 5.92 Å². The van der Waals surface area contributed by atoms with Crippen LogP contribution in [0.3, 0.4) is 0 Å². The molecule has 7 rings (SSSR count). The molecular weight excluding hydrogens is 592 g/mol. The zero-order valence-electron chi connectivity index (χ0n) is 25.5. The number of hydrogen-bond donors (Lipinski definition) is 2. The number of nitrogens with one attached hydrogen (secondary N) is 1. The molecule has 11 heteroatoms. The average molecular weight is 629 g/mol. The third-order valence-electron chi connectivity index (χ3n) is 9.32. The third kappa shape index (κ3) is 6.09. The lowest BCUT2D eigenvalue weighted by molar-refractivity contribution is -0.278. The Morgan fingerprint density at radius 2 is 1.65 bits per heavy atom. The molecule has 0 bridgehead atoms. The van der Waals surface area contributed by atoms with Crippen molar-refractivity contribution in [1.82, 2.24) is 4.90 Å². The summed E-state index contributed by atoms with van der Waals surface area (Å²) >= 11 is 0. The highest BCUT2D eigenvalue weighted by atomic mass is 16.7. The number of esters is 2. The smallest absolute Gasteiger partial charge is 0.346 e. The SMILES string of the molecule is C[C@H]1[C@@H](CN2CCC3(CC2)OCCO3)OC(c2cccc(NC(=O)c3ccc4c(c3)C(=O)OC4=O)c2)O[C@H]1c1ccc(CO)cc1. The first-order valence-corrected chi connectivity index (χ1v) is 15.6. The highest BCUT2D eigenvalue weighted by Gasteiger charge is 2.43. The molecule has 3 saturated heterocycles. The summed E-state index contributed by atoms with van der Waals surface area (Å²) < 4.78 is 29.8. The van der Waals surface area contributed by atoms with Crippen LogP contribution in [-0.4, -0.2) is 72.6 Å². The van der Waals surface area contributed by atoms with Crippen LogP contribution in [-0.2, 0) is 30.3 Å². The summed E-state index contributed by atoms with van der Waals surface area (Å²) in [7, 11) is 0. The Kier molecular flexibility index (Phi) is 8.45. The van der Waals surface area contributed by atoms with Crippen LogP contribution in [0.4, 0.5) is 5.69 Å². The van der Waals surface area contributed by atoms with Gasteiger partial charge in [-0.15, -0.1) is 0 Å². The van der Waals surface area contributed by atoms with Crippen molar-refractivity contribution in [1.29, 1.82) is 0 Å². The van der Waals surface area contributed by atoms with Gasteiger partial charge in [0.05, 0.1) is 43.2 Å². The Morgan fingerprint density at radius 3 is 2.39 bits per heavy atom. The summed E-state index contributed by atoms with van der Waals surface area (Å²) in [6.45, 7) is 5.76. The molecule has 1 amide bonds. The summed E-state index contributed by atoms with van der Waals surface area (Å²) in [5, 5.41) is 12.4. The number of piperidine rings is 1. The molecule has 240 valence electrons. The van der Waals surface area contributed by atoms with E-state index in [1.807, 2.05) is 42.5 Å². The van der Waals surface area contributed by atoms with Gasteiger partial charge in [-0.2, -0.15) is 0 Å². The van der Waals surface area contributed by atoms with Gasteiger partial charge in [0.1, 0.15) is 0 Å². The van der Waals surface area contributed by atoms with Crippen LogP contribution in [0.2, 0.25) is 0 Å². The van der Waals surface area contributed by atoms with Crippen molar-refractivity contribution >= 4 is 23.5 Å². The first-order valence-electron chi connectivity index (χ1n) is 15.6. The molecule has 0 aliphatic carbocycles. The number of amides is 1. The quantitative estimate of drug-likeness (QED) is 0.287. The number of aliphatic hydroxyl groups is 1. The molecule has 0 saturated carbocycles. The molecule has 3 aromatic carbocycles. The Morgan fingerprint density at radius 1 is 0.913 bits per heavy atom. The number of carbonyl (C=O) groups is 3. The summed E-state index contributed by atoms with van der Waals surface area (Å²) in [6.07, 6.45) is 0.473. The molecule has 4 heterocycles. The number of cyclic esters (lactones) is 2. The van der Waals surface area contributed by atoms with Gasteiger partial charge >= 0.3 is 11.9 Å². The van der Waals surface area contributed by atoms with Crippen molar-refractivity contribution in [3.05, 3.63) is 100 Å². The molecule has 4 aliphatic heterocycles. The molecule has 0 aromatic heterocycles. The minimum Gasteiger partial charge on any atom is -0.392 e. The number of aliphatic hydroxyl groups excluding tert-OH is 1. The van der Waals surface area contributed by atoms with Crippen LogP contribution >= 0.6 is 0 Å². The highest BCUT2D eigenvalue weighted by Crippen LogP contribution is 2.43. The van der Waals surface area contributed by atoms with Gasteiger partial charge in [-0.3, -0.25) is 4.79 Å². The summed E-state index contributed by atoms with van der Waals surface area (Å²) in [4.78, 5) is 39.3. The average Bonchev–Trinajstić information content (AvgIpc) is 3.65. The first-order chi connectivity index (χ1) is 22.3. The molecule has 1 spiro atoms. The van der Waals surface area contributed by atoms with E-state index in [9.17, 15) is 19.5 Å². The standard InChI is InChI=1S/C35H36N2O9/c1-21-29(19-37-13-11-35(12-14-37)42-15-16-43-35)44-34(45-30(21)23-7-5-22(20-38)6-8-23)25-3-2-4-26(17-25)36-31(39)24-9-10-27-28(18-24)33(41)46-32(27)40/h2-10,17-18,21,29-30,34,38H,11-16,19-20H2,1H3,(H,36,39)/t21-,29+,30+,34?/m0/s1. The van der Waals surface area contributed by atoms with Crippen LogP contribution in [0.5, 0.6) is 0 Å². The number of anilines is 1. The van der Waals surface area contributed by atoms with Gasteiger partial charge in [-0.05, 0) is 41.5 Å². The summed E-state index contributed by atoms with van der Waals surface area (Å²) in [5.74, 6) is -2.36. The fourth-order valence-corrected chi connectivity index (χ4v) is 6.64. The third-order valence-corrected chi connectivity index (χ3v) is 9.32. The molecular formula is C35H36N2O9. The predicted molar refractivity (Wildman–Crippen MR) is 164 cm³/mol. The van der Waals surface area contributed by atoms with E-state index >= 15 is 0 Å². The van der Waals surface area contributed by atoms with Crippen molar-refractivity contribution in [2.24, 2.45) is 5.92 Å². The zero-order valence-corrected chi connectivity index (χ0v) is 25.5. The molecule has 1 unspecified atom stereocenters. The van der Waals surface area contributed by atoms with E-state index in [1.165, 1.54) is 18.2 Å². The molecule has 4 aliphatic rings. The number of rotatable bonds is 7. The Hall–Kier alpha value is -3.97. The molecule has 3 fully saturated rings. The lowest BCUT2D eigenvalue weighted by atomic mass is 9.89. The van der Waals surface area contributed by atoms with Crippen molar-refractivity contribution in [2.45, 2.75) is 50.7 Å². The maximum absolute atomic E-state index is 13.1. The molecule has 11 nitrogen and oxygen atoms in total. The van der Waals surface area contributed by atoms with Crippen LogP contribution in [0.15, 0.2) is 66.7 Å². The van der Waals surface area contributed by atoms with E-state index in [0.717, 1.165) is 42.6 Å². The van der Waals surface area contributed by atoms with Gasteiger partial charge < -0.3 is 39.0 Å². The normalized spacial score (nSPS) is 25.8. The largest absolute Gasteiger partial charge is 0.392 e. The van der Waals surface area contributed by atoms with Crippen LogP contribution < -0.4 is 5.32 Å². The van der Waals surface area contributed by atoms with Gasteiger partial charge in [0.25, 0.3) is 5.91 Å². The summed E-state index contributed by atoms with van der Waals surface area (Å²) in [6, 6.07) is 19.3. The van der Waals surface area contributed by atoms with E-state index in [-0.39, 0.29) is 41.4 Å².